The molecule has 2 nitrogen and oxygen atoms in total. The molecule has 1 aliphatic heterocycles. The number of hydrogen-bond donors (Lipinski definition) is 0. The third kappa shape index (κ3) is 4.35. The molecule has 0 saturated heterocycles. The third-order valence-corrected chi connectivity index (χ3v) is 13.1. The molecule has 1 aromatic heterocycles. The lowest BCUT2D eigenvalue weighted by Gasteiger charge is -2.39. The van der Waals surface area contributed by atoms with Crippen LogP contribution in [0.5, 0.6) is 0 Å². The second-order valence-corrected chi connectivity index (χ2v) is 16.0. The van der Waals surface area contributed by atoms with Gasteiger partial charge in [0, 0.05) is 27.2 Å². The summed E-state index contributed by atoms with van der Waals surface area (Å²) in [6, 6.07) is 81.1. The molecule has 274 valence electrons. The minimum Gasteiger partial charge on any atom is -0.309 e. The fourth-order valence-corrected chi connectivity index (χ4v) is 10.8. The largest absolute Gasteiger partial charge is 0.309 e. The monoisotopic (exact) mass is 748 g/mol. The molecular weight excluding hydrogens is 713 g/mol. The lowest BCUT2D eigenvalue weighted by Crippen LogP contribution is -2.33. The Morgan fingerprint density at radius 1 is 0.356 bits per heavy atom. The molecule has 1 unspecified atom stereocenters. The van der Waals surface area contributed by atoms with Crippen LogP contribution >= 0.6 is 0 Å². The highest BCUT2D eigenvalue weighted by Gasteiger charge is 2.50. The first-order valence-electron chi connectivity index (χ1n) is 20.5. The smallest absolute Gasteiger partial charge is 0.0754 e. The zero-order chi connectivity index (χ0) is 38.7. The molecule has 0 bridgehead atoms. The van der Waals surface area contributed by atoms with Crippen LogP contribution in [0.3, 0.4) is 0 Å². The molecule has 13 rings (SSSR count). The van der Waals surface area contributed by atoms with Gasteiger partial charge in [0.1, 0.15) is 0 Å². The van der Waals surface area contributed by atoms with Crippen molar-refractivity contribution in [2.75, 3.05) is 4.90 Å². The van der Waals surface area contributed by atoms with Gasteiger partial charge in [-0.2, -0.15) is 0 Å². The summed E-state index contributed by atoms with van der Waals surface area (Å²) in [5.74, 6) is 0. The van der Waals surface area contributed by atoms with Gasteiger partial charge in [0.05, 0.1) is 33.5 Å². The SMILES string of the molecule is c1cc(-c2ccc3c(c2)-c2ccccc2C32c3ccccc3-n3c4ccccc4c4cccc2c43)cc(N(c2cccc3ccccc23)c2cccc3ccccc23)c1. The maximum atomic E-state index is 2.51. The highest BCUT2D eigenvalue weighted by Crippen LogP contribution is 2.61. The molecule has 2 heterocycles. The van der Waals surface area contributed by atoms with Crippen LogP contribution in [0.4, 0.5) is 17.1 Å². The van der Waals surface area contributed by atoms with Crippen LogP contribution in [0.25, 0.3) is 71.3 Å². The number of rotatable bonds is 4. The minimum absolute atomic E-state index is 0.466. The van der Waals surface area contributed by atoms with Crippen molar-refractivity contribution in [1.29, 1.82) is 0 Å². The Labute approximate surface area is 342 Å². The molecule has 1 atom stereocenters. The van der Waals surface area contributed by atoms with Crippen molar-refractivity contribution < 1.29 is 0 Å². The van der Waals surface area contributed by atoms with Gasteiger partial charge in [-0.3, -0.25) is 0 Å². The summed E-state index contributed by atoms with van der Waals surface area (Å²) in [6.45, 7) is 0. The van der Waals surface area contributed by atoms with Crippen LogP contribution in [-0.2, 0) is 5.41 Å². The molecule has 0 radical (unpaired) electrons. The maximum Gasteiger partial charge on any atom is 0.0754 e. The lowest BCUT2D eigenvalue weighted by molar-refractivity contribution is 0.748. The molecule has 2 heteroatoms. The van der Waals surface area contributed by atoms with E-state index in [1.165, 1.54) is 93.5 Å². The van der Waals surface area contributed by atoms with Gasteiger partial charge in [-0.25, -0.2) is 0 Å². The topological polar surface area (TPSA) is 8.17 Å². The van der Waals surface area contributed by atoms with Gasteiger partial charge in [-0.05, 0) is 97.7 Å². The van der Waals surface area contributed by atoms with E-state index in [4.69, 9.17) is 0 Å². The van der Waals surface area contributed by atoms with Crippen molar-refractivity contribution in [3.8, 4) is 27.9 Å². The van der Waals surface area contributed by atoms with Crippen molar-refractivity contribution in [2.45, 2.75) is 5.41 Å². The highest BCUT2D eigenvalue weighted by atomic mass is 15.1. The normalized spacial score (nSPS) is 14.8. The van der Waals surface area contributed by atoms with Crippen molar-refractivity contribution in [1.82, 2.24) is 4.57 Å². The van der Waals surface area contributed by atoms with Crippen LogP contribution in [0, 0.1) is 0 Å². The zero-order valence-electron chi connectivity index (χ0n) is 32.2. The van der Waals surface area contributed by atoms with E-state index in [1.54, 1.807) is 0 Å². The van der Waals surface area contributed by atoms with Crippen LogP contribution in [0.2, 0.25) is 0 Å². The number of para-hydroxylation sites is 3. The lowest BCUT2D eigenvalue weighted by atomic mass is 9.65. The number of fused-ring (bicyclic) bond motifs is 14. The quantitative estimate of drug-likeness (QED) is 0.174. The van der Waals surface area contributed by atoms with Crippen molar-refractivity contribution in [3.63, 3.8) is 0 Å². The average molecular weight is 749 g/mol. The average Bonchev–Trinajstić information content (AvgIpc) is 3.80. The Morgan fingerprint density at radius 2 is 0.915 bits per heavy atom. The van der Waals surface area contributed by atoms with Crippen LogP contribution in [0.15, 0.2) is 218 Å². The van der Waals surface area contributed by atoms with E-state index in [0.29, 0.717) is 0 Å². The van der Waals surface area contributed by atoms with E-state index in [-0.39, 0.29) is 0 Å². The summed E-state index contributed by atoms with van der Waals surface area (Å²) in [5, 5.41) is 7.47. The van der Waals surface area contributed by atoms with Gasteiger partial charge in [0.25, 0.3) is 0 Å². The first kappa shape index (κ1) is 32.4. The van der Waals surface area contributed by atoms with Crippen molar-refractivity contribution in [3.05, 3.63) is 241 Å². The van der Waals surface area contributed by atoms with E-state index < -0.39 is 5.41 Å². The van der Waals surface area contributed by atoms with E-state index in [9.17, 15) is 0 Å². The van der Waals surface area contributed by atoms with Crippen molar-refractivity contribution >= 4 is 60.4 Å². The predicted molar refractivity (Wildman–Crippen MR) is 247 cm³/mol. The Balaban J connectivity index is 1.04. The molecule has 1 spiro atoms. The molecule has 10 aromatic carbocycles. The molecular formula is C57H36N2. The summed E-state index contributed by atoms with van der Waals surface area (Å²) in [6.07, 6.45) is 0. The molecule has 1 aliphatic carbocycles. The predicted octanol–water partition coefficient (Wildman–Crippen LogP) is 14.9. The maximum absolute atomic E-state index is 2.51. The summed E-state index contributed by atoms with van der Waals surface area (Å²) in [5.41, 5.74) is 17.1. The fourth-order valence-electron chi connectivity index (χ4n) is 10.8. The second-order valence-electron chi connectivity index (χ2n) is 16.0. The second kappa shape index (κ2) is 12.2. The zero-order valence-corrected chi connectivity index (χ0v) is 32.2. The summed E-state index contributed by atoms with van der Waals surface area (Å²) < 4.78 is 2.51. The number of aromatic nitrogens is 1. The Kier molecular flexibility index (Phi) is 6.68. The van der Waals surface area contributed by atoms with Gasteiger partial charge in [-0.1, -0.05) is 176 Å². The molecule has 0 amide bonds. The van der Waals surface area contributed by atoms with E-state index >= 15 is 0 Å². The van der Waals surface area contributed by atoms with Gasteiger partial charge in [0.2, 0.25) is 0 Å². The van der Waals surface area contributed by atoms with Gasteiger partial charge in [0.15, 0.2) is 0 Å². The molecule has 11 aromatic rings. The van der Waals surface area contributed by atoms with E-state index in [0.717, 1.165) is 17.1 Å². The molecule has 0 fully saturated rings. The summed E-state index contributed by atoms with van der Waals surface area (Å²) in [4.78, 5) is 2.45. The van der Waals surface area contributed by atoms with Crippen LogP contribution < -0.4 is 4.90 Å². The highest BCUT2D eigenvalue weighted by molar-refractivity contribution is 6.13. The van der Waals surface area contributed by atoms with E-state index in [2.05, 4.69) is 228 Å². The number of benzene rings is 10. The first-order chi connectivity index (χ1) is 29.3. The summed E-state index contributed by atoms with van der Waals surface area (Å²) >= 11 is 0. The van der Waals surface area contributed by atoms with Crippen LogP contribution in [-0.4, -0.2) is 4.57 Å². The fraction of sp³-hybridized carbons (Fsp3) is 0.0175. The van der Waals surface area contributed by atoms with Crippen molar-refractivity contribution in [2.24, 2.45) is 0 Å². The Morgan fingerprint density at radius 3 is 1.71 bits per heavy atom. The number of hydrogen-bond acceptors (Lipinski definition) is 1. The number of nitrogens with zero attached hydrogens (tertiary/aromatic N) is 2. The summed E-state index contributed by atoms with van der Waals surface area (Å²) in [7, 11) is 0. The number of anilines is 3. The Hall–Kier alpha value is -7.68. The first-order valence-corrected chi connectivity index (χ1v) is 20.5. The third-order valence-electron chi connectivity index (χ3n) is 13.1. The minimum atomic E-state index is -0.466. The Bertz CT molecular complexity index is 3440. The molecule has 0 N–H and O–H groups in total. The molecule has 0 saturated carbocycles. The standard InChI is InChI=1S/C57H36N2/c1-3-21-42-37(15-1)17-12-31-52(42)58(53-32-13-18-38-16-2-4-22-43(38)53)41-20-11-19-39(35-41)40-33-34-49-47(36-40)44-23-5-7-26-48(44)57(49)50-27-8-10-30-55(50)59-54-29-9-6-24-45(54)46-25-14-28-51(57)56(46)59/h1-36H. The van der Waals surface area contributed by atoms with E-state index in [1.807, 2.05) is 0 Å². The van der Waals surface area contributed by atoms with Gasteiger partial charge >= 0.3 is 0 Å². The van der Waals surface area contributed by atoms with Gasteiger partial charge in [-0.15, -0.1) is 0 Å². The molecule has 59 heavy (non-hydrogen) atoms. The van der Waals surface area contributed by atoms with Gasteiger partial charge < -0.3 is 9.47 Å². The molecule has 2 aliphatic rings. The van der Waals surface area contributed by atoms with Crippen LogP contribution in [0.1, 0.15) is 22.3 Å².